The summed E-state index contributed by atoms with van der Waals surface area (Å²) in [5.41, 5.74) is 0.959. The number of aromatic nitrogens is 2. The van der Waals surface area contributed by atoms with E-state index < -0.39 is 10.7 Å². The van der Waals surface area contributed by atoms with E-state index in [9.17, 15) is 8.42 Å². The molecule has 0 saturated heterocycles. The molecule has 0 bridgehead atoms. The number of nitrogens with zero attached hydrogens (tertiary/aromatic N) is 2. The topological polar surface area (TPSA) is 61.2 Å². The van der Waals surface area contributed by atoms with Crippen molar-refractivity contribution in [3.8, 4) is 0 Å². The molecule has 0 unspecified atom stereocenters. The third kappa shape index (κ3) is 3.68. The molecular weight excluding hydrogens is 252 g/mol. The highest BCUT2D eigenvalue weighted by Gasteiger charge is 1.97. The molecule has 0 aliphatic heterocycles. The fourth-order valence-corrected chi connectivity index (χ4v) is 1.89. The summed E-state index contributed by atoms with van der Waals surface area (Å²) in [4.78, 5) is 4.26. The van der Waals surface area contributed by atoms with E-state index >= 15 is 0 Å². The van der Waals surface area contributed by atoms with Crippen LogP contribution in [0.15, 0.2) is 47.9 Å². The zero-order valence-corrected chi connectivity index (χ0v) is 10.6. The molecule has 0 amide bonds. The van der Waals surface area contributed by atoms with Crippen LogP contribution in [-0.4, -0.2) is 24.6 Å². The Hall–Kier alpha value is -1.66. The van der Waals surface area contributed by atoms with Gasteiger partial charge in [-0.05, 0) is 17.7 Å². The van der Waals surface area contributed by atoms with Crippen LogP contribution in [0.1, 0.15) is 5.56 Å². The normalized spacial score (nSPS) is 10.9. The van der Waals surface area contributed by atoms with Crippen molar-refractivity contribution in [2.45, 2.75) is 18.0 Å². The van der Waals surface area contributed by atoms with Crippen LogP contribution in [0.2, 0.25) is 0 Å². The summed E-state index contributed by atoms with van der Waals surface area (Å²) < 4.78 is 28.8. The summed E-state index contributed by atoms with van der Waals surface area (Å²) in [6, 6.07) is 6.69. The number of rotatable bonds is 6. The minimum absolute atomic E-state index is 0.326. The molecule has 1 aromatic heterocycles. The molecule has 18 heavy (non-hydrogen) atoms. The second kappa shape index (κ2) is 6.32. The first-order chi connectivity index (χ1) is 8.75. The van der Waals surface area contributed by atoms with Crippen LogP contribution in [0.4, 0.5) is 0 Å². The minimum Gasteiger partial charge on any atom is -0.375 e. The molecule has 1 aromatic carbocycles. The predicted molar refractivity (Wildman–Crippen MR) is 66.9 cm³/mol. The van der Waals surface area contributed by atoms with Crippen LogP contribution in [0.3, 0.4) is 0 Å². The Labute approximate surface area is 107 Å². The number of thiol groups is 1. The van der Waals surface area contributed by atoms with E-state index in [4.69, 9.17) is 4.74 Å². The van der Waals surface area contributed by atoms with Crippen molar-refractivity contribution in [1.29, 1.82) is 0 Å². The Bertz CT molecular complexity index is 539. The summed E-state index contributed by atoms with van der Waals surface area (Å²) >= 11 is 0. The van der Waals surface area contributed by atoms with E-state index in [1.54, 1.807) is 36.8 Å². The zero-order chi connectivity index (χ0) is 12.8. The van der Waals surface area contributed by atoms with Gasteiger partial charge in [-0.3, -0.25) is 0 Å². The highest BCUT2D eigenvalue weighted by molar-refractivity contribution is 7.72. The average Bonchev–Trinajstić information content (AvgIpc) is 2.88. The molecular formula is C12H14N2O3S. The third-order valence-corrected chi connectivity index (χ3v) is 3.19. The lowest BCUT2D eigenvalue weighted by molar-refractivity contribution is 0.113. The number of benzene rings is 1. The predicted octanol–water partition coefficient (Wildman–Crippen LogP) is 1.07. The summed E-state index contributed by atoms with van der Waals surface area (Å²) in [6.45, 7) is 1.82. The molecule has 0 atom stereocenters. The largest absolute Gasteiger partial charge is 0.375 e. The van der Waals surface area contributed by atoms with E-state index in [1.807, 2.05) is 10.8 Å². The maximum atomic E-state index is 10.7. The van der Waals surface area contributed by atoms with Gasteiger partial charge in [-0.25, -0.2) is 13.4 Å². The standard InChI is InChI=1S/C12H14N2O3S/c15-18(16)12-3-1-11(2-4-12)9-17-8-7-14-6-5-13-10-14/h1-6,10,18H,7-9H2. The Kier molecular flexibility index (Phi) is 4.49. The molecule has 0 spiro atoms. The van der Waals surface area contributed by atoms with E-state index in [0.717, 1.165) is 12.1 Å². The monoisotopic (exact) mass is 266 g/mol. The average molecular weight is 266 g/mol. The lowest BCUT2D eigenvalue weighted by atomic mass is 10.2. The van der Waals surface area contributed by atoms with Gasteiger partial charge < -0.3 is 9.30 Å². The van der Waals surface area contributed by atoms with E-state index in [0.29, 0.717) is 18.1 Å². The maximum Gasteiger partial charge on any atom is 0.168 e. The third-order valence-electron chi connectivity index (χ3n) is 2.47. The van der Waals surface area contributed by atoms with Crippen LogP contribution in [-0.2, 0) is 28.6 Å². The smallest absolute Gasteiger partial charge is 0.168 e. The second-order valence-electron chi connectivity index (χ2n) is 3.78. The molecule has 2 rings (SSSR count). The highest BCUT2D eigenvalue weighted by atomic mass is 32.2. The van der Waals surface area contributed by atoms with Crippen molar-refractivity contribution in [2.75, 3.05) is 6.61 Å². The van der Waals surface area contributed by atoms with Crippen LogP contribution in [0.25, 0.3) is 0 Å². The summed E-state index contributed by atoms with van der Waals surface area (Å²) in [7, 11) is -2.50. The minimum atomic E-state index is -2.50. The first kappa shape index (κ1) is 12.8. The quantitative estimate of drug-likeness (QED) is 0.627. The molecule has 0 saturated carbocycles. The summed E-state index contributed by atoms with van der Waals surface area (Å²) in [6.07, 6.45) is 5.34. The van der Waals surface area contributed by atoms with Crippen LogP contribution in [0, 0.1) is 0 Å². The number of imidazole rings is 1. The van der Waals surface area contributed by atoms with E-state index in [-0.39, 0.29) is 0 Å². The first-order valence-corrected chi connectivity index (χ1v) is 6.70. The van der Waals surface area contributed by atoms with Crippen LogP contribution < -0.4 is 0 Å². The Morgan fingerprint density at radius 1 is 1.22 bits per heavy atom. The molecule has 0 radical (unpaired) electrons. The van der Waals surface area contributed by atoms with Crippen LogP contribution in [0.5, 0.6) is 0 Å². The van der Waals surface area contributed by atoms with Crippen molar-refractivity contribution in [2.24, 2.45) is 0 Å². The fraction of sp³-hybridized carbons (Fsp3) is 0.250. The van der Waals surface area contributed by atoms with Gasteiger partial charge in [0.1, 0.15) is 0 Å². The Morgan fingerprint density at radius 3 is 2.61 bits per heavy atom. The van der Waals surface area contributed by atoms with Gasteiger partial charge in [0.2, 0.25) is 0 Å². The number of hydrogen-bond acceptors (Lipinski definition) is 4. The lowest BCUT2D eigenvalue weighted by Gasteiger charge is -2.05. The molecule has 0 aliphatic rings. The van der Waals surface area contributed by atoms with Crippen molar-refractivity contribution in [3.63, 3.8) is 0 Å². The summed E-state index contributed by atoms with van der Waals surface area (Å²) in [5, 5.41) is 0. The van der Waals surface area contributed by atoms with Gasteiger partial charge >= 0.3 is 0 Å². The van der Waals surface area contributed by atoms with Crippen LogP contribution >= 0.6 is 0 Å². The van der Waals surface area contributed by atoms with Crippen molar-refractivity contribution in [1.82, 2.24) is 9.55 Å². The van der Waals surface area contributed by atoms with Crippen molar-refractivity contribution >= 4 is 10.7 Å². The van der Waals surface area contributed by atoms with Gasteiger partial charge in [0.05, 0.1) is 24.4 Å². The summed E-state index contributed by atoms with van der Waals surface area (Å²) in [5.74, 6) is 0. The molecule has 2 aromatic rings. The molecule has 1 heterocycles. The van der Waals surface area contributed by atoms with Gasteiger partial charge in [-0.15, -0.1) is 0 Å². The molecule has 6 heteroatoms. The van der Waals surface area contributed by atoms with Gasteiger partial charge in [-0.2, -0.15) is 0 Å². The first-order valence-electron chi connectivity index (χ1n) is 5.52. The molecule has 0 aliphatic carbocycles. The zero-order valence-electron chi connectivity index (χ0n) is 9.73. The molecule has 0 N–H and O–H groups in total. The Morgan fingerprint density at radius 2 is 2.00 bits per heavy atom. The Balaban J connectivity index is 1.76. The van der Waals surface area contributed by atoms with Gasteiger partial charge in [0.25, 0.3) is 0 Å². The molecule has 0 fully saturated rings. The van der Waals surface area contributed by atoms with Gasteiger partial charge in [0, 0.05) is 18.9 Å². The van der Waals surface area contributed by atoms with Gasteiger partial charge in [0.15, 0.2) is 10.7 Å². The highest BCUT2D eigenvalue weighted by Crippen LogP contribution is 2.06. The number of ether oxygens (including phenoxy) is 1. The fourth-order valence-electron chi connectivity index (χ4n) is 1.49. The van der Waals surface area contributed by atoms with E-state index in [2.05, 4.69) is 4.98 Å². The second-order valence-corrected chi connectivity index (χ2v) is 4.81. The van der Waals surface area contributed by atoms with Crippen molar-refractivity contribution < 1.29 is 13.2 Å². The molecule has 96 valence electrons. The number of hydrogen-bond donors (Lipinski definition) is 1. The molecule has 5 nitrogen and oxygen atoms in total. The van der Waals surface area contributed by atoms with Crippen molar-refractivity contribution in [3.05, 3.63) is 48.5 Å². The lowest BCUT2D eigenvalue weighted by Crippen LogP contribution is -2.04. The van der Waals surface area contributed by atoms with E-state index in [1.165, 1.54) is 0 Å². The van der Waals surface area contributed by atoms with Gasteiger partial charge in [-0.1, -0.05) is 12.1 Å². The maximum absolute atomic E-state index is 10.7. The SMILES string of the molecule is O=[SH](=O)c1ccc(COCCn2ccnc2)cc1.